The SMILES string of the molecule is Fc1ccc(-c2cc(-c3ccccn3)nc(-c3ccc(-c4nc(-c5ccccc5)nc(-c5ccccc5)n4)cn3)c2)cc1. The van der Waals surface area contributed by atoms with Gasteiger partial charge in [-0.1, -0.05) is 78.9 Å². The lowest BCUT2D eigenvalue weighted by atomic mass is 10.0. The Balaban J connectivity index is 1.31. The first-order valence-electron chi connectivity index (χ1n) is 13.7. The molecule has 0 N–H and O–H groups in total. The molecule has 7 heteroatoms. The van der Waals surface area contributed by atoms with E-state index in [9.17, 15) is 4.39 Å². The predicted octanol–water partition coefficient (Wildman–Crippen LogP) is 8.20. The topological polar surface area (TPSA) is 77.3 Å². The third-order valence-corrected chi connectivity index (χ3v) is 6.91. The zero-order valence-corrected chi connectivity index (χ0v) is 22.8. The van der Waals surface area contributed by atoms with Crippen molar-refractivity contribution in [1.82, 2.24) is 29.9 Å². The van der Waals surface area contributed by atoms with Gasteiger partial charge in [0.15, 0.2) is 17.5 Å². The molecule has 204 valence electrons. The number of halogens is 1. The molecule has 0 aliphatic carbocycles. The van der Waals surface area contributed by atoms with Gasteiger partial charge in [0.2, 0.25) is 0 Å². The monoisotopic (exact) mass is 558 g/mol. The average molecular weight is 559 g/mol. The molecule has 0 saturated heterocycles. The smallest absolute Gasteiger partial charge is 0.165 e. The fourth-order valence-corrected chi connectivity index (χ4v) is 4.73. The zero-order valence-electron chi connectivity index (χ0n) is 22.8. The second-order valence-electron chi connectivity index (χ2n) is 9.82. The van der Waals surface area contributed by atoms with Crippen LogP contribution in [-0.2, 0) is 0 Å². The van der Waals surface area contributed by atoms with Crippen molar-refractivity contribution < 1.29 is 4.39 Å². The molecule has 4 aromatic heterocycles. The van der Waals surface area contributed by atoms with Gasteiger partial charge >= 0.3 is 0 Å². The van der Waals surface area contributed by atoms with Crippen molar-refractivity contribution in [2.75, 3.05) is 0 Å². The molecule has 0 atom stereocenters. The molecule has 0 saturated carbocycles. The summed E-state index contributed by atoms with van der Waals surface area (Å²) < 4.78 is 13.7. The normalized spacial score (nSPS) is 10.9. The van der Waals surface area contributed by atoms with Crippen molar-refractivity contribution in [1.29, 1.82) is 0 Å². The van der Waals surface area contributed by atoms with Crippen molar-refractivity contribution in [2.45, 2.75) is 0 Å². The van der Waals surface area contributed by atoms with Gasteiger partial charge in [-0.2, -0.15) is 0 Å². The number of rotatable bonds is 6. The van der Waals surface area contributed by atoms with E-state index in [0.29, 0.717) is 34.6 Å². The van der Waals surface area contributed by atoms with Gasteiger partial charge in [0.25, 0.3) is 0 Å². The summed E-state index contributed by atoms with van der Waals surface area (Å²) in [4.78, 5) is 28.5. The van der Waals surface area contributed by atoms with Crippen LogP contribution in [0, 0.1) is 5.82 Å². The number of nitrogens with zero attached hydrogens (tertiary/aromatic N) is 6. The second kappa shape index (κ2) is 11.5. The first-order chi connectivity index (χ1) is 21.2. The van der Waals surface area contributed by atoms with E-state index in [0.717, 1.165) is 33.5 Å². The van der Waals surface area contributed by atoms with Crippen molar-refractivity contribution in [3.8, 4) is 68.1 Å². The average Bonchev–Trinajstić information content (AvgIpc) is 3.09. The highest BCUT2D eigenvalue weighted by Gasteiger charge is 2.14. The Kier molecular flexibility index (Phi) is 6.95. The Morgan fingerprint density at radius 1 is 0.372 bits per heavy atom. The van der Waals surface area contributed by atoms with Crippen LogP contribution in [0.3, 0.4) is 0 Å². The molecule has 4 heterocycles. The van der Waals surface area contributed by atoms with Crippen molar-refractivity contribution >= 4 is 0 Å². The molecule has 0 amide bonds. The molecular weight excluding hydrogens is 535 g/mol. The van der Waals surface area contributed by atoms with Crippen LogP contribution >= 0.6 is 0 Å². The highest BCUT2D eigenvalue weighted by Crippen LogP contribution is 2.30. The molecule has 3 aromatic carbocycles. The van der Waals surface area contributed by atoms with E-state index < -0.39 is 0 Å². The predicted molar refractivity (Wildman–Crippen MR) is 166 cm³/mol. The zero-order chi connectivity index (χ0) is 29.0. The van der Waals surface area contributed by atoms with Crippen LogP contribution in [0.25, 0.3) is 68.1 Å². The highest BCUT2D eigenvalue weighted by atomic mass is 19.1. The van der Waals surface area contributed by atoms with Crippen LogP contribution < -0.4 is 0 Å². The Hall–Kier alpha value is -5.95. The van der Waals surface area contributed by atoms with E-state index in [2.05, 4.69) is 4.98 Å². The van der Waals surface area contributed by atoms with Crippen molar-refractivity contribution in [3.63, 3.8) is 0 Å². The highest BCUT2D eigenvalue weighted by molar-refractivity contribution is 5.75. The van der Waals surface area contributed by atoms with Gasteiger partial charge in [-0.05, 0) is 59.7 Å². The Bertz CT molecular complexity index is 1940. The van der Waals surface area contributed by atoms with E-state index in [1.54, 1.807) is 24.5 Å². The summed E-state index contributed by atoms with van der Waals surface area (Å²) in [7, 11) is 0. The molecule has 43 heavy (non-hydrogen) atoms. The maximum atomic E-state index is 13.7. The molecule has 0 radical (unpaired) electrons. The Morgan fingerprint density at radius 2 is 0.907 bits per heavy atom. The molecule has 0 spiro atoms. The van der Waals surface area contributed by atoms with E-state index in [-0.39, 0.29) is 5.82 Å². The molecule has 0 aliphatic rings. The maximum Gasteiger partial charge on any atom is 0.165 e. The first kappa shape index (κ1) is 26.0. The van der Waals surface area contributed by atoms with Crippen LogP contribution in [0.15, 0.2) is 140 Å². The molecule has 7 aromatic rings. The first-order valence-corrected chi connectivity index (χ1v) is 13.7. The Labute approximate surface area is 247 Å². The lowest BCUT2D eigenvalue weighted by molar-refractivity contribution is 0.628. The fraction of sp³-hybridized carbons (Fsp3) is 0. The Morgan fingerprint density at radius 3 is 1.44 bits per heavy atom. The van der Waals surface area contributed by atoms with Gasteiger partial charge in [-0.15, -0.1) is 0 Å². The molecular formula is C36H23FN6. The number of hydrogen-bond donors (Lipinski definition) is 0. The summed E-state index contributed by atoms with van der Waals surface area (Å²) in [6, 6.07) is 39.5. The lowest BCUT2D eigenvalue weighted by Crippen LogP contribution is -2.00. The number of benzene rings is 3. The quantitative estimate of drug-likeness (QED) is 0.205. The summed E-state index contributed by atoms with van der Waals surface area (Å²) in [6.45, 7) is 0. The van der Waals surface area contributed by atoms with Crippen molar-refractivity contribution in [3.05, 3.63) is 146 Å². The van der Waals surface area contributed by atoms with Gasteiger partial charge in [-0.3, -0.25) is 9.97 Å². The molecule has 0 fully saturated rings. The number of pyridine rings is 3. The van der Waals surface area contributed by atoms with Crippen LogP contribution in [-0.4, -0.2) is 29.9 Å². The molecule has 6 nitrogen and oxygen atoms in total. The molecule has 7 rings (SSSR count). The van der Waals surface area contributed by atoms with Crippen LogP contribution in [0.5, 0.6) is 0 Å². The van der Waals surface area contributed by atoms with Gasteiger partial charge in [-0.25, -0.2) is 24.3 Å². The molecule has 0 aliphatic heterocycles. The van der Waals surface area contributed by atoms with Crippen LogP contribution in [0.1, 0.15) is 0 Å². The van der Waals surface area contributed by atoms with Gasteiger partial charge in [0.1, 0.15) is 5.82 Å². The lowest BCUT2D eigenvalue weighted by Gasteiger charge is -2.10. The number of hydrogen-bond acceptors (Lipinski definition) is 6. The summed E-state index contributed by atoms with van der Waals surface area (Å²) in [5, 5.41) is 0. The van der Waals surface area contributed by atoms with Crippen LogP contribution in [0.2, 0.25) is 0 Å². The minimum Gasteiger partial charge on any atom is -0.255 e. The minimum absolute atomic E-state index is 0.288. The summed E-state index contributed by atoms with van der Waals surface area (Å²) in [5.74, 6) is 1.41. The summed E-state index contributed by atoms with van der Waals surface area (Å²) in [5.41, 5.74) is 7.07. The standard InChI is InChI=1S/C36H23FN6/c37-29-17-14-24(15-18-29)28-21-32(30-13-7-8-20-38-30)40-33(22-28)31-19-16-27(23-39-31)36-42-34(25-9-3-1-4-10-25)41-35(43-36)26-11-5-2-6-12-26/h1-23H. The third kappa shape index (κ3) is 5.64. The minimum atomic E-state index is -0.288. The van der Waals surface area contributed by atoms with Gasteiger partial charge in [0, 0.05) is 29.1 Å². The second-order valence-corrected chi connectivity index (χ2v) is 9.82. The molecule has 0 bridgehead atoms. The van der Waals surface area contributed by atoms with Crippen LogP contribution in [0.4, 0.5) is 4.39 Å². The van der Waals surface area contributed by atoms with E-state index >= 15 is 0 Å². The fourth-order valence-electron chi connectivity index (χ4n) is 4.73. The molecule has 0 unspecified atom stereocenters. The largest absolute Gasteiger partial charge is 0.255 e. The van der Waals surface area contributed by atoms with E-state index in [1.165, 1.54) is 12.1 Å². The summed E-state index contributed by atoms with van der Waals surface area (Å²) in [6.07, 6.45) is 3.48. The van der Waals surface area contributed by atoms with Gasteiger partial charge < -0.3 is 0 Å². The van der Waals surface area contributed by atoms with Gasteiger partial charge in [0.05, 0.1) is 22.8 Å². The van der Waals surface area contributed by atoms with E-state index in [1.807, 2.05) is 103 Å². The summed E-state index contributed by atoms with van der Waals surface area (Å²) >= 11 is 0. The van der Waals surface area contributed by atoms with E-state index in [4.69, 9.17) is 24.9 Å². The maximum absolute atomic E-state index is 13.7. The number of aromatic nitrogens is 6. The third-order valence-electron chi connectivity index (χ3n) is 6.91. The van der Waals surface area contributed by atoms with Crippen molar-refractivity contribution in [2.24, 2.45) is 0 Å².